The first kappa shape index (κ1) is 18.6. The van der Waals surface area contributed by atoms with Crippen LogP contribution in [0.4, 0.5) is 0 Å². The van der Waals surface area contributed by atoms with Crippen LogP contribution in [0.15, 0.2) is 22.4 Å². The average molecular weight is 417 g/mol. The molecule has 0 bridgehead atoms. The second-order valence-corrected chi connectivity index (χ2v) is 10.7. The third-order valence-electron chi connectivity index (χ3n) is 3.99. The Morgan fingerprint density at radius 1 is 1.52 bits per heavy atom. The van der Waals surface area contributed by atoms with Gasteiger partial charge in [0.2, 0.25) is 5.91 Å². The minimum atomic E-state index is -3.08. The summed E-state index contributed by atoms with van der Waals surface area (Å²) in [6.07, 6.45) is 2.16. The number of carbonyl (C=O) groups excluding carboxylic acids is 2. The van der Waals surface area contributed by atoms with Crippen LogP contribution >= 0.6 is 35.3 Å². The van der Waals surface area contributed by atoms with Gasteiger partial charge in [-0.05, 0) is 30.9 Å². The van der Waals surface area contributed by atoms with Gasteiger partial charge in [-0.2, -0.15) is 0 Å². The fourth-order valence-corrected chi connectivity index (χ4v) is 6.48. The van der Waals surface area contributed by atoms with Crippen molar-refractivity contribution in [3.63, 3.8) is 0 Å². The number of hydrogen-bond donors (Lipinski definition) is 1. The van der Waals surface area contributed by atoms with Crippen LogP contribution in [0.5, 0.6) is 0 Å². The van der Waals surface area contributed by atoms with Crippen molar-refractivity contribution in [3.8, 4) is 0 Å². The highest BCUT2D eigenvalue weighted by molar-refractivity contribution is 8.26. The molecule has 0 spiro atoms. The van der Waals surface area contributed by atoms with Gasteiger partial charge in [-0.25, -0.2) is 8.42 Å². The number of nitrogens with zero attached hydrogens (tertiary/aromatic N) is 1. The molecule has 1 aromatic heterocycles. The highest BCUT2D eigenvalue weighted by Crippen LogP contribution is 2.34. The average Bonchev–Trinajstić information content (AvgIpc) is 3.21. The lowest BCUT2D eigenvalue weighted by Crippen LogP contribution is -2.50. The Labute approximate surface area is 159 Å². The molecule has 1 aromatic rings. The van der Waals surface area contributed by atoms with Crippen LogP contribution < -0.4 is 5.32 Å². The van der Waals surface area contributed by atoms with Gasteiger partial charge < -0.3 is 5.32 Å². The van der Waals surface area contributed by atoms with Gasteiger partial charge in [-0.15, -0.1) is 11.3 Å². The second kappa shape index (κ2) is 7.18. The van der Waals surface area contributed by atoms with Crippen molar-refractivity contribution >= 4 is 67.4 Å². The van der Waals surface area contributed by atoms with Crippen molar-refractivity contribution in [1.82, 2.24) is 10.2 Å². The highest BCUT2D eigenvalue weighted by Gasteiger charge is 2.39. The fourth-order valence-electron chi connectivity index (χ4n) is 2.66. The molecule has 2 atom stereocenters. The van der Waals surface area contributed by atoms with Gasteiger partial charge >= 0.3 is 0 Å². The lowest BCUT2D eigenvalue weighted by Gasteiger charge is -2.23. The van der Waals surface area contributed by atoms with Crippen LogP contribution in [0.2, 0.25) is 0 Å². The van der Waals surface area contributed by atoms with Gasteiger partial charge in [-0.3, -0.25) is 14.5 Å². The van der Waals surface area contributed by atoms with Crippen LogP contribution in [0.3, 0.4) is 0 Å². The summed E-state index contributed by atoms with van der Waals surface area (Å²) >= 11 is 7.94. The number of sulfone groups is 1. The van der Waals surface area contributed by atoms with E-state index in [2.05, 4.69) is 5.32 Å². The number of thioether (sulfide) groups is 1. The van der Waals surface area contributed by atoms with Crippen molar-refractivity contribution in [2.75, 3.05) is 11.5 Å². The van der Waals surface area contributed by atoms with Crippen molar-refractivity contribution < 1.29 is 18.0 Å². The molecule has 25 heavy (non-hydrogen) atoms. The van der Waals surface area contributed by atoms with Crippen molar-refractivity contribution in [2.24, 2.45) is 0 Å². The molecule has 2 saturated heterocycles. The van der Waals surface area contributed by atoms with Gasteiger partial charge in [0.25, 0.3) is 5.91 Å². The fraction of sp³-hybridized carbons (Fsp3) is 0.400. The van der Waals surface area contributed by atoms with E-state index in [4.69, 9.17) is 12.2 Å². The van der Waals surface area contributed by atoms with Gasteiger partial charge in [0.15, 0.2) is 9.84 Å². The van der Waals surface area contributed by atoms with Crippen LogP contribution in [-0.4, -0.2) is 53.0 Å². The van der Waals surface area contributed by atoms with Crippen molar-refractivity contribution in [3.05, 3.63) is 27.3 Å². The van der Waals surface area contributed by atoms with E-state index < -0.39 is 27.8 Å². The predicted octanol–water partition coefficient (Wildman–Crippen LogP) is 1.64. The van der Waals surface area contributed by atoms with E-state index in [9.17, 15) is 18.0 Å². The molecule has 3 heterocycles. The summed E-state index contributed by atoms with van der Waals surface area (Å²) < 4.78 is 23.3. The normalized spacial score (nSPS) is 25.6. The molecular formula is C15H16N2O4S4. The van der Waals surface area contributed by atoms with Gasteiger partial charge in [0.05, 0.1) is 16.4 Å². The molecule has 0 saturated carbocycles. The Bertz CT molecular complexity index is 845. The maximum absolute atomic E-state index is 12.6. The Balaban J connectivity index is 1.69. The smallest absolute Gasteiger partial charge is 0.266 e. The number of hydrogen-bond acceptors (Lipinski definition) is 7. The number of nitrogens with one attached hydrogen (secondary N) is 1. The summed E-state index contributed by atoms with van der Waals surface area (Å²) in [7, 11) is -3.08. The van der Waals surface area contributed by atoms with Crippen LogP contribution in [0.25, 0.3) is 6.08 Å². The number of carbonyl (C=O) groups is 2. The number of thiophene rings is 1. The lowest BCUT2D eigenvalue weighted by molar-refractivity contribution is -0.132. The topological polar surface area (TPSA) is 83.6 Å². The maximum Gasteiger partial charge on any atom is 0.266 e. The van der Waals surface area contributed by atoms with Crippen molar-refractivity contribution in [2.45, 2.75) is 25.4 Å². The summed E-state index contributed by atoms with van der Waals surface area (Å²) in [6, 6.07) is 2.60. The SMILES string of the molecule is C[C@H](C(=O)N[C@@H]1CCS(=O)(=O)C1)N1C(=O)/C(=C\c2cccs2)SC1=S. The second-order valence-electron chi connectivity index (χ2n) is 5.85. The zero-order chi connectivity index (χ0) is 18.2. The molecule has 3 rings (SSSR count). The molecule has 2 aliphatic rings. The van der Waals surface area contributed by atoms with Gasteiger partial charge in [-0.1, -0.05) is 30.0 Å². The molecule has 6 nitrogen and oxygen atoms in total. The van der Waals surface area contributed by atoms with Gasteiger partial charge in [0, 0.05) is 10.9 Å². The predicted molar refractivity (Wildman–Crippen MR) is 104 cm³/mol. The van der Waals surface area contributed by atoms with E-state index in [-0.39, 0.29) is 17.4 Å². The van der Waals surface area contributed by atoms with E-state index in [1.807, 2.05) is 17.5 Å². The molecule has 0 radical (unpaired) electrons. The molecule has 0 aromatic carbocycles. The Kier molecular flexibility index (Phi) is 5.33. The first-order chi connectivity index (χ1) is 11.8. The minimum absolute atomic E-state index is 0.0534. The Morgan fingerprint density at radius 2 is 2.28 bits per heavy atom. The maximum atomic E-state index is 12.6. The lowest BCUT2D eigenvalue weighted by atomic mass is 10.2. The first-order valence-electron chi connectivity index (χ1n) is 7.58. The summed E-state index contributed by atoms with van der Waals surface area (Å²) in [5.41, 5.74) is 0. The number of thiocarbonyl (C=S) groups is 1. The Hall–Kier alpha value is -1.23. The van der Waals surface area contributed by atoms with Crippen molar-refractivity contribution in [1.29, 1.82) is 0 Å². The first-order valence-corrected chi connectivity index (χ1v) is 11.5. The summed E-state index contributed by atoms with van der Waals surface area (Å²) in [5.74, 6) is -0.667. The van der Waals surface area contributed by atoms with Crippen LogP contribution in [0, 0.1) is 0 Å². The van der Waals surface area contributed by atoms with E-state index in [0.717, 1.165) is 4.88 Å². The summed E-state index contributed by atoms with van der Waals surface area (Å²) in [6.45, 7) is 1.59. The van der Waals surface area contributed by atoms with E-state index in [0.29, 0.717) is 15.6 Å². The largest absolute Gasteiger partial charge is 0.351 e. The highest BCUT2D eigenvalue weighted by atomic mass is 32.2. The molecule has 10 heteroatoms. The monoisotopic (exact) mass is 416 g/mol. The molecule has 2 amide bonds. The molecule has 0 unspecified atom stereocenters. The molecule has 1 N–H and O–H groups in total. The standard InChI is InChI=1S/C15H16N2O4S4/c1-9(13(18)16-10-4-6-25(20,21)8-10)17-14(19)12(24-15(17)22)7-11-3-2-5-23-11/h2-3,5,7,9-10H,4,6,8H2,1H3,(H,16,18)/b12-7+/t9-,10-/m1/s1. The number of rotatable bonds is 4. The molecule has 2 aliphatic heterocycles. The zero-order valence-corrected chi connectivity index (χ0v) is 16.6. The third kappa shape index (κ3) is 4.13. The summed E-state index contributed by atoms with van der Waals surface area (Å²) in [4.78, 5) is 27.7. The van der Waals surface area contributed by atoms with E-state index in [1.54, 1.807) is 13.0 Å². The van der Waals surface area contributed by atoms with Gasteiger partial charge in [0.1, 0.15) is 10.4 Å². The van der Waals surface area contributed by atoms with E-state index in [1.165, 1.54) is 28.0 Å². The number of amides is 2. The molecule has 0 aliphatic carbocycles. The minimum Gasteiger partial charge on any atom is -0.351 e. The molecule has 134 valence electrons. The molecular weight excluding hydrogens is 400 g/mol. The summed E-state index contributed by atoms with van der Waals surface area (Å²) in [5, 5.41) is 4.63. The third-order valence-corrected chi connectivity index (χ3v) is 7.90. The van der Waals surface area contributed by atoms with Crippen LogP contribution in [-0.2, 0) is 19.4 Å². The van der Waals surface area contributed by atoms with Crippen LogP contribution in [0.1, 0.15) is 18.2 Å². The quantitative estimate of drug-likeness (QED) is 0.593. The van der Waals surface area contributed by atoms with E-state index >= 15 is 0 Å². The zero-order valence-electron chi connectivity index (χ0n) is 13.3. The Morgan fingerprint density at radius 3 is 2.88 bits per heavy atom. The molecule has 2 fully saturated rings.